The smallest absolute Gasteiger partial charge is 0.255 e. The molecule has 1 aliphatic rings. The van der Waals surface area contributed by atoms with Crippen LogP contribution in [0.4, 0.5) is 5.95 Å². The Morgan fingerprint density at radius 2 is 1.86 bits per heavy atom. The SMILES string of the molecule is COc1ccccc1OCCN1CCCn2c1nc(-c1ccncc1)cc2=O. The van der Waals surface area contributed by atoms with Gasteiger partial charge < -0.3 is 14.4 Å². The number of anilines is 1. The zero-order chi connectivity index (χ0) is 19.3. The Morgan fingerprint density at radius 3 is 2.64 bits per heavy atom. The third-order valence-electron chi connectivity index (χ3n) is 4.74. The maximum absolute atomic E-state index is 12.6. The number of aromatic nitrogens is 3. The molecule has 0 saturated carbocycles. The lowest BCUT2D eigenvalue weighted by Crippen LogP contribution is -2.40. The highest BCUT2D eigenvalue weighted by molar-refractivity contribution is 5.59. The van der Waals surface area contributed by atoms with E-state index in [9.17, 15) is 4.79 Å². The Bertz CT molecular complexity index is 1000. The first-order chi connectivity index (χ1) is 13.8. The van der Waals surface area contributed by atoms with Gasteiger partial charge in [0, 0.05) is 37.1 Å². The standard InChI is InChI=1S/C21H22N4O3/c1-27-18-5-2-3-6-19(18)28-14-13-24-11-4-12-25-20(26)15-17(23-21(24)25)16-7-9-22-10-8-16/h2-3,5-10,15H,4,11-14H2,1H3. The number of nitrogens with zero attached hydrogens (tertiary/aromatic N) is 4. The van der Waals surface area contributed by atoms with E-state index in [-0.39, 0.29) is 5.56 Å². The van der Waals surface area contributed by atoms with Crippen LogP contribution < -0.4 is 19.9 Å². The van der Waals surface area contributed by atoms with E-state index < -0.39 is 0 Å². The number of hydrogen-bond acceptors (Lipinski definition) is 6. The summed E-state index contributed by atoms with van der Waals surface area (Å²) in [7, 11) is 1.63. The number of benzene rings is 1. The Labute approximate surface area is 163 Å². The topological polar surface area (TPSA) is 69.5 Å². The van der Waals surface area contributed by atoms with Crippen molar-refractivity contribution in [1.29, 1.82) is 0 Å². The van der Waals surface area contributed by atoms with Crippen LogP contribution >= 0.6 is 0 Å². The van der Waals surface area contributed by atoms with Gasteiger partial charge in [0.1, 0.15) is 6.61 Å². The molecule has 0 bridgehead atoms. The van der Waals surface area contributed by atoms with Gasteiger partial charge in [0.15, 0.2) is 11.5 Å². The van der Waals surface area contributed by atoms with Crippen LogP contribution in [0.1, 0.15) is 6.42 Å². The Kier molecular flexibility index (Phi) is 5.23. The Hall–Kier alpha value is -3.35. The Balaban J connectivity index is 1.54. The minimum absolute atomic E-state index is 0.0350. The summed E-state index contributed by atoms with van der Waals surface area (Å²) in [5.41, 5.74) is 1.51. The van der Waals surface area contributed by atoms with E-state index in [4.69, 9.17) is 14.5 Å². The third kappa shape index (κ3) is 3.69. The highest BCUT2D eigenvalue weighted by Crippen LogP contribution is 2.26. The van der Waals surface area contributed by atoms with Gasteiger partial charge in [0.2, 0.25) is 5.95 Å². The van der Waals surface area contributed by atoms with Crippen molar-refractivity contribution in [2.24, 2.45) is 0 Å². The number of hydrogen-bond donors (Lipinski definition) is 0. The van der Waals surface area contributed by atoms with Crippen molar-refractivity contribution >= 4 is 5.95 Å². The summed E-state index contributed by atoms with van der Waals surface area (Å²) in [6.07, 6.45) is 4.30. The van der Waals surface area contributed by atoms with Gasteiger partial charge in [0.25, 0.3) is 5.56 Å². The molecule has 2 aromatic heterocycles. The molecule has 3 heterocycles. The van der Waals surface area contributed by atoms with E-state index in [2.05, 4.69) is 9.88 Å². The normalized spacial score (nSPS) is 13.1. The molecule has 0 saturated heterocycles. The second-order valence-electron chi connectivity index (χ2n) is 6.51. The van der Waals surface area contributed by atoms with Crippen LogP contribution in [0.5, 0.6) is 11.5 Å². The van der Waals surface area contributed by atoms with Gasteiger partial charge in [-0.1, -0.05) is 12.1 Å². The first-order valence-corrected chi connectivity index (χ1v) is 9.29. The molecule has 0 amide bonds. The van der Waals surface area contributed by atoms with Crippen molar-refractivity contribution < 1.29 is 9.47 Å². The van der Waals surface area contributed by atoms with E-state index in [0.717, 1.165) is 18.5 Å². The molecule has 0 N–H and O–H groups in total. The quantitative estimate of drug-likeness (QED) is 0.657. The second kappa shape index (κ2) is 8.12. The van der Waals surface area contributed by atoms with Gasteiger partial charge in [-0.05, 0) is 30.7 Å². The highest BCUT2D eigenvalue weighted by atomic mass is 16.5. The average Bonchev–Trinajstić information content (AvgIpc) is 2.75. The Morgan fingerprint density at radius 1 is 1.07 bits per heavy atom. The molecular weight excluding hydrogens is 356 g/mol. The molecule has 0 atom stereocenters. The van der Waals surface area contributed by atoms with Crippen LogP contribution in [0.15, 0.2) is 59.7 Å². The number of rotatable bonds is 6. The van der Waals surface area contributed by atoms with Crippen molar-refractivity contribution in [1.82, 2.24) is 14.5 Å². The van der Waals surface area contributed by atoms with Crippen molar-refractivity contribution in [2.45, 2.75) is 13.0 Å². The predicted octanol–water partition coefficient (Wildman–Crippen LogP) is 2.60. The van der Waals surface area contributed by atoms with E-state index in [1.54, 1.807) is 30.1 Å². The first kappa shape index (κ1) is 18.0. The van der Waals surface area contributed by atoms with Crippen molar-refractivity contribution in [3.63, 3.8) is 0 Å². The summed E-state index contributed by atoms with van der Waals surface area (Å²) in [5.74, 6) is 2.10. The van der Waals surface area contributed by atoms with Gasteiger partial charge in [-0.3, -0.25) is 14.3 Å². The molecule has 0 spiro atoms. The summed E-state index contributed by atoms with van der Waals surface area (Å²) < 4.78 is 13.0. The summed E-state index contributed by atoms with van der Waals surface area (Å²) in [6.45, 7) is 2.61. The van der Waals surface area contributed by atoms with E-state index in [0.29, 0.717) is 42.8 Å². The summed E-state index contributed by atoms with van der Waals surface area (Å²) in [4.78, 5) is 23.5. The third-order valence-corrected chi connectivity index (χ3v) is 4.74. The van der Waals surface area contributed by atoms with Gasteiger partial charge in [-0.15, -0.1) is 0 Å². The van der Waals surface area contributed by atoms with E-state index in [1.807, 2.05) is 36.4 Å². The average molecular weight is 378 g/mol. The fourth-order valence-corrected chi connectivity index (χ4v) is 3.35. The molecule has 28 heavy (non-hydrogen) atoms. The lowest BCUT2D eigenvalue weighted by molar-refractivity contribution is 0.296. The van der Waals surface area contributed by atoms with E-state index in [1.165, 1.54) is 0 Å². The lowest BCUT2D eigenvalue weighted by atomic mass is 10.2. The summed E-state index contributed by atoms with van der Waals surface area (Å²) >= 11 is 0. The van der Waals surface area contributed by atoms with E-state index >= 15 is 0 Å². The fraction of sp³-hybridized carbons (Fsp3) is 0.286. The molecule has 3 aromatic rings. The maximum Gasteiger partial charge on any atom is 0.255 e. The predicted molar refractivity (Wildman–Crippen MR) is 107 cm³/mol. The minimum Gasteiger partial charge on any atom is -0.493 e. The molecule has 144 valence electrons. The highest BCUT2D eigenvalue weighted by Gasteiger charge is 2.20. The minimum atomic E-state index is -0.0350. The van der Waals surface area contributed by atoms with Gasteiger partial charge in [-0.2, -0.15) is 0 Å². The number of para-hydroxylation sites is 2. The largest absolute Gasteiger partial charge is 0.493 e. The number of ether oxygens (including phenoxy) is 2. The molecule has 1 aliphatic heterocycles. The van der Waals surface area contributed by atoms with Gasteiger partial charge in [0.05, 0.1) is 19.3 Å². The van der Waals surface area contributed by atoms with Gasteiger partial charge >= 0.3 is 0 Å². The van der Waals surface area contributed by atoms with Crippen LogP contribution in [-0.2, 0) is 6.54 Å². The van der Waals surface area contributed by atoms with Crippen LogP contribution in [0.25, 0.3) is 11.3 Å². The molecule has 0 fully saturated rings. The summed E-state index contributed by atoms with van der Waals surface area (Å²) in [6, 6.07) is 12.9. The van der Waals surface area contributed by atoms with Crippen LogP contribution in [-0.4, -0.2) is 41.3 Å². The van der Waals surface area contributed by atoms with Crippen LogP contribution in [0.2, 0.25) is 0 Å². The molecule has 1 aromatic carbocycles. The van der Waals surface area contributed by atoms with Crippen LogP contribution in [0.3, 0.4) is 0 Å². The second-order valence-corrected chi connectivity index (χ2v) is 6.51. The molecule has 0 unspecified atom stereocenters. The lowest BCUT2D eigenvalue weighted by Gasteiger charge is -2.31. The first-order valence-electron chi connectivity index (χ1n) is 9.29. The molecule has 4 rings (SSSR count). The number of fused-ring (bicyclic) bond motifs is 1. The zero-order valence-electron chi connectivity index (χ0n) is 15.7. The van der Waals surface area contributed by atoms with Crippen LogP contribution in [0, 0.1) is 0 Å². The number of methoxy groups -OCH3 is 1. The van der Waals surface area contributed by atoms with Crippen molar-refractivity contribution in [3.8, 4) is 22.8 Å². The van der Waals surface area contributed by atoms with Gasteiger partial charge in [-0.25, -0.2) is 4.98 Å². The fourth-order valence-electron chi connectivity index (χ4n) is 3.35. The van der Waals surface area contributed by atoms with Crippen molar-refractivity contribution in [3.05, 3.63) is 65.2 Å². The van der Waals surface area contributed by atoms with Crippen molar-refractivity contribution in [2.75, 3.05) is 31.7 Å². The molecule has 0 radical (unpaired) electrons. The molecule has 0 aliphatic carbocycles. The zero-order valence-corrected chi connectivity index (χ0v) is 15.7. The summed E-state index contributed by atoms with van der Waals surface area (Å²) in [5, 5.41) is 0. The monoisotopic (exact) mass is 378 g/mol. The number of pyridine rings is 1. The molecule has 7 heteroatoms. The molecule has 7 nitrogen and oxygen atoms in total. The maximum atomic E-state index is 12.6. The molecular formula is C21H22N4O3.